The quantitative estimate of drug-likeness (QED) is 0.496. The van der Waals surface area contributed by atoms with Gasteiger partial charge >= 0.3 is 11.9 Å². The van der Waals surface area contributed by atoms with Gasteiger partial charge in [0.05, 0.1) is 6.26 Å². The fourth-order valence-corrected chi connectivity index (χ4v) is 2.47. The molecular weight excluding hydrogens is 392 g/mol. The number of nitrogens with zero attached hydrogens (tertiary/aromatic N) is 1. The Bertz CT molecular complexity index is 790. The number of amides is 1. The van der Waals surface area contributed by atoms with Crippen LogP contribution in [0.3, 0.4) is 0 Å². The third-order valence-electron chi connectivity index (χ3n) is 3.22. The Morgan fingerprint density at radius 2 is 1.81 bits per heavy atom. The SMILES string of the molecule is CS(=O)(=O)O.O=C(O)C1NCCN(C(=O)c2cccc(Cl)c2)C1C(=O)O. The van der Waals surface area contributed by atoms with Crippen molar-refractivity contribution in [1.82, 2.24) is 10.2 Å². The van der Waals surface area contributed by atoms with E-state index in [2.05, 4.69) is 5.32 Å². The first-order chi connectivity index (χ1) is 11.9. The van der Waals surface area contributed by atoms with Crippen molar-refractivity contribution in [2.75, 3.05) is 19.3 Å². The van der Waals surface area contributed by atoms with E-state index in [0.717, 1.165) is 4.90 Å². The number of hydrogen-bond acceptors (Lipinski definition) is 6. The van der Waals surface area contributed by atoms with Crippen LogP contribution in [0.5, 0.6) is 0 Å². The standard InChI is InChI=1S/C13H13ClN2O5.CH4O3S/c14-8-3-1-2-7(6-8)11(17)16-5-4-15-9(12(18)19)10(16)13(20)21;1-5(2,3)4/h1-3,6,9-10,15H,4-5H2,(H,18,19)(H,20,21);1H3,(H,2,3,4). The van der Waals surface area contributed by atoms with Crippen LogP contribution in [0.25, 0.3) is 0 Å². The van der Waals surface area contributed by atoms with Gasteiger partial charge in [0, 0.05) is 23.7 Å². The summed E-state index contributed by atoms with van der Waals surface area (Å²) in [6, 6.07) is 3.26. The molecular formula is C14H17ClN2O8S. The van der Waals surface area contributed by atoms with Crippen LogP contribution < -0.4 is 5.32 Å². The first-order valence-corrected chi connectivity index (χ1v) is 9.32. The summed E-state index contributed by atoms with van der Waals surface area (Å²) in [5.74, 6) is -3.24. The monoisotopic (exact) mass is 408 g/mol. The maximum Gasteiger partial charge on any atom is 0.328 e. The van der Waals surface area contributed by atoms with Gasteiger partial charge in [0.2, 0.25) is 0 Å². The predicted octanol–water partition coefficient (Wildman–Crippen LogP) is -0.204. The van der Waals surface area contributed by atoms with Crippen molar-refractivity contribution in [2.45, 2.75) is 12.1 Å². The summed E-state index contributed by atoms with van der Waals surface area (Å²) < 4.78 is 25.9. The smallest absolute Gasteiger partial charge is 0.328 e. The minimum atomic E-state index is -3.67. The molecule has 1 aromatic carbocycles. The molecule has 1 amide bonds. The summed E-state index contributed by atoms with van der Waals surface area (Å²) in [6.07, 6.45) is 0.715. The summed E-state index contributed by atoms with van der Waals surface area (Å²) in [7, 11) is -3.67. The summed E-state index contributed by atoms with van der Waals surface area (Å²) >= 11 is 5.81. The summed E-state index contributed by atoms with van der Waals surface area (Å²) in [5, 5.41) is 21.3. The molecule has 1 aliphatic heterocycles. The Kier molecular flexibility index (Phi) is 7.51. The number of carboxylic acid groups (broad SMARTS) is 2. The lowest BCUT2D eigenvalue weighted by molar-refractivity contribution is -0.152. The molecule has 0 spiro atoms. The highest BCUT2D eigenvalue weighted by Crippen LogP contribution is 2.17. The Balaban J connectivity index is 0.000000597. The van der Waals surface area contributed by atoms with Gasteiger partial charge in [0.25, 0.3) is 16.0 Å². The second-order valence-corrected chi connectivity index (χ2v) is 7.20. The molecule has 1 saturated heterocycles. The van der Waals surface area contributed by atoms with E-state index >= 15 is 0 Å². The van der Waals surface area contributed by atoms with Crippen LogP contribution in [0.1, 0.15) is 10.4 Å². The minimum absolute atomic E-state index is 0.103. The predicted molar refractivity (Wildman–Crippen MR) is 90.8 cm³/mol. The highest BCUT2D eigenvalue weighted by Gasteiger charge is 2.43. The largest absolute Gasteiger partial charge is 0.480 e. The van der Waals surface area contributed by atoms with E-state index in [9.17, 15) is 27.9 Å². The number of halogens is 1. The topological polar surface area (TPSA) is 161 Å². The van der Waals surface area contributed by atoms with Crippen molar-refractivity contribution in [3.8, 4) is 0 Å². The lowest BCUT2D eigenvalue weighted by Gasteiger charge is -2.37. The summed E-state index contributed by atoms with van der Waals surface area (Å²) in [4.78, 5) is 36.0. The molecule has 26 heavy (non-hydrogen) atoms. The van der Waals surface area contributed by atoms with Crippen LogP contribution in [0.15, 0.2) is 24.3 Å². The van der Waals surface area contributed by atoms with E-state index in [1.165, 1.54) is 12.1 Å². The number of nitrogens with one attached hydrogen (secondary N) is 1. The van der Waals surface area contributed by atoms with Crippen molar-refractivity contribution in [3.05, 3.63) is 34.9 Å². The van der Waals surface area contributed by atoms with Gasteiger partial charge in [0.15, 0.2) is 6.04 Å². The zero-order valence-electron chi connectivity index (χ0n) is 13.5. The lowest BCUT2D eigenvalue weighted by atomic mass is 10.0. The van der Waals surface area contributed by atoms with Crippen molar-refractivity contribution in [2.24, 2.45) is 0 Å². The van der Waals surface area contributed by atoms with Crippen LogP contribution in [-0.2, 0) is 19.7 Å². The Hall–Kier alpha value is -2.21. The fraction of sp³-hybridized carbons (Fsp3) is 0.357. The normalized spacial score (nSPS) is 19.9. The van der Waals surface area contributed by atoms with Crippen LogP contribution in [0.2, 0.25) is 5.02 Å². The van der Waals surface area contributed by atoms with Crippen LogP contribution >= 0.6 is 11.6 Å². The number of carbonyl (C=O) groups is 3. The maximum absolute atomic E-state index is 12.4. The average Bonchev–Trinajstić information content (AvgIpc) is 2.51. The molecule has 0 bridgehead atoms. The fourth-order valence-electron chi connectivity index (χ4n) is 2.28. The third kappa shape index (κ3) is 6.59. The molecule has 4 N–H and O–H groups in total. The van der Waals surface area contributed by atoms with E-state index in [1.54, 1.807) is 12.1 Å². The third-order valence-corrected chi connectivity index (χ3v) is 3.46. The van der Waals surface area contributed by atoms with Crippen LogP contribution in [0.4, 0.5) is 0 Å². The molecule has 0 aromatic heterocycles. The van der Waals surface area contributed by atoms with Gasteiger partial charge in [-0.3, -0.25) is 14.1 Å². The first-order valence-electron chi connectivity index (χ1n) is 7.10. The average molecular weight is 409 g/mol. The van der Waals surface area contributed by atoms with Crippen molar-refractivity contribution < 1.29 is 37.6 Å². The maximum atomic E-state index is 12.4. The second kappa shape index (κ2) is 8.94. The van der Waals surface area contributed by atoms with Gasteiger partial charge in [-0.1, -0.05) is 17.7 Å². The van der Waals surface area contributed by atoms with Crippen molar-refractivity contribution in [1.29, 1.82) is 0 Å². The van der Waals surface area contributed by atoms with Gasteiger partial charge in [0.1, 0.15) is 6.04 Å². The lowest BCUT2D eigenvalue weighted by Crippen LogP contribution is -2.65. The number of carbonyl (C=O) groups excluding carboxylic acids is 1. The molecule has 144 valence electrons. The highest BCUT2D eigenvalue weighted by molar-refractivity contribution is 7.85. The number of carboxylic acids is 2. The molecule has 12 heteroatoms. The van der Waals surface area contributed by atoms with E-state index in [-0.39, 0.29) is 18.7 Å². The zero-order chi connectivity index (χ0) is 20.1. The van der Waals surface area contributed by atoms with Crippen LogP contribution in [0, 0.1) is 0 Å². The molecule has 2 atom stereocenters. The molecule has 1 heterocycles. The Labute approximate surface area is 154 Å². The molecule has 0 saturated carbocycles. The minimum Gasteiger partial charge on any atom is -0.480 e. The van der Waals surface area contributed by atoms with E-state index in [0.29, 0.717) is 11.3 Å². The Morgan fingerprint density at radius 1 is 1.23 bits per heavy atom. The van der Waals surface area contributed by atoms with E-state index in [4.69, 9.17) is 21.3 Å². The van der Waals surface area contributed by atoms with E-state index in [1.807, 2.05) is 0 Å². The van der Waals surface area contributed by atoms with Gasteiger partial charge in [-0.2, -0.15) is 8.42 Å². The molecule has 10 nitrogen and oxygen atoms in total. The van der Waals surface area contributed by atoms with Crippen molar-refractivity contribution in [3.63, 3.8) is 0 Å². The number of piperazine rings is 1. The van der Waals surface area contributed by atoms with Gasteiger partial charge in [-0.25, -0.2) is 4.79 Å². The molecule has 1 aliphatic rings. The molecule has 2 rings (SSSR count). The molecule has 2 unspecified atom stereocenters. The molecule has 0 aliphatic carbocycles. The highest BCUT2D eigenvalue weighted by atomic mass is 35.5. The van der Waals surface area contributed by atoms with Gasteiger partial charge in [-0.05, 0) is 18.2 Å². The van der Waals surface area contributed by atoms with E-state index < -0.39 is 40.0 Å². The second-order valence-electron chi connectivity index (χ2n) is 5.30. The van der Waals surface area contributed by atoms with Gasteiger partial charge < -0.3 is 20.4 Å². The summed E-state index contributed by atoms with van der Waals surface area (Å²) in [5.41, 5.74) is 0.222. The van der Waals surface area contributed by atoms with Crippen molar-refractivity contribution >= 4 is 39.6 Å². The number of aliphatic carboxylic acids is 2. The molecule has 1 aromatic rings. The molecule has 0 radical (unpaired) electrons. The summed E-state index contributed by atoms with van der Waals surface area (Å²) in [6.45, 7) is 0.305. The number of benzene rings is 1. The Morgan fingerprint density at radius 3 is 2.27 bits per heavy atom. The van der Waals surface area contributed by atoms with Gasteiger partial charge in [-0.15, -0.1) is 0 Å². The molecule has 1 fully saturated rings. The van der Waals surface area contributed by atoms with Crippen LogP contribution in [-0.4, -0.2) is 77.4 Å². The first kappa shape index (κ1) is 21.8. The number of rotatable bonds is 3. The zero-order valence-corrected chi connectivity index (χ0v) is 15.1. The number of hydrogen-bond donors (Lipinski definition) is 4.